The molecule has 0 unspecified atom stereocenters. The Labute approximate surface area is 166 Å². The SMILES string of the molecule is CC(C)(C)Cc1ccccc1OP(=O)(Oc1ccccc1)Oc1ccccc1. The van der Waals surface area contributed by atoms with Crippen LogP contribution in [-0.4, -0.2) is 0 Å². The van der Waals surface area contributed by atoms with Crippen molar-refractivity contribution in [3.63, 3.8) is 0 Å². The molecule has 3 aromatic carbocycles. The first-order chi connectivity index (χ1) is 13.3. The Morgan fingerprint density at radius 2 is 1.14 bits per heavy atom. The van der Waals surface area contributed by atoms with E-state index in [1.807, 2.05) is 30.3 Å². The van der Waals surface area contributed by atoms with Gasteiger partial charge in [0.05, 0.1) is 0 Å². The van der Waals surface area contributed by atoms with Gasteiger partial charge in [-0.05, 0) is 47.7 Å². The third-order valence-electron chi connectivity index (χ3n) is 3.82. The van der Waals surface area contributed by atoms with Gasteiger partial charge in [-0.15, -0.1) is 0 Å². The first-order valence-corrected chi connectivity index (χ1v) is 10.7. The number of hydrogen-bond donors (Lipinski definition) is 0. The van der Waals surface area contributed by atoms with Crippen LogP contribution in [0.3, 0.4) is 0 Å². The van der Waals surface area contributed by atoms with Crippen LogP contribution < -0.4 is 13.6 Å². The van der Waals surface area contributed by atoms with Gasteiger partial charge in [-0.1, -0.05) is 75.4 Å². The van der Waals surface area contributed by atoms with Gasteiger partial charge in [0.15, 0.2) is 0 Å². The summed E-state index contributed by atoms with van der Waals surface area (Å²) in [6.45, 7) is 6.43. The summed E-state index contributed by atoms with van der Waals surface area (Å²) in [4.78, 5) is 0. The fourth-order valence-electron chi connectivity index (χ4n) is 2.71. The molecular weight excluding hydrogens is 371 g/mol. The van der Waals surface area contributed by atoms with Crippen molar-refractivity contribution in [2.45, 2.75) is 27.2 Å². The summed E-state index contributed by atoms with van der Waals surface area (Å²) in [5, 5.41) is 0. The second-order valence-corrected chi connectivity index (χ2v) is 9.13. The smallest absolute Gasteiger partial charge is 0.386 e. The third-order valence-corrected chi connectivity index (χ3v) is 5.11. The van der Waals surface area contributed by atoms with Gasteiger partial charge in [0, 0.05) is 0 Å². The Morgan fingerprint density at radius 3 is 1.64 bits per heavy atom. The van der Waals surface area contributed by atoms with E-state index in [0.717, 1.165) is 12.0 Å². The number of para-hydroxylation sites is 3. The van der Waals surface area contributed by atoms with E-state index >= 15 is 0 Å². The van der Waals surface area contributed by atoms with Crippen LogP contribution in [-0.2, 0) is 11.0 Å². The van der Waals surface area contributed by atoms with Crippen molar-refractivity contribution in [3.05, 3.63) is 90.5 Å². The Morgan fingerprint density at radius 1 is 0.679 bits per heavy atom. The molecule has 0 spiro atoms. The molecule has 0 bridgehead atoms. The van der Waals surface area contributed by atoms with E-state index < -0.39 is 7.82 Å². The molecule has 0 aliphatic carbocycles. The molecule has 0 fully saturated rings. The Balaban J connectivity index is 1.92. The molecule has 5 heteroatoms. The third kappa shape index (κ3) is 5.90. The van der Waals surface area contributed by atoms with Crippen LogP contribution in [0.5, 0.6) is 17.2 Å². The minimum absolute atomic E-state index is 0.0457. The highest BCUT2D eigenvalue weighted by Gasteiger charge is 2.34. The van der Waals surface area contributed by atoms with E-state index in [9.17, 15) is 4.57 Å². The summed E-state index contributed by atoms with van der Waals surface area (Å²) >= 11 is 0. The molecule has 4 nitrogen and oxygen atoms in total. The highest BCUT2D eigenvalue weighted by molar-refractivity contribution is 7.49. The Bertz CT molecular complexity index is 888. The van der Waals surface area contributed by atoms with E-state index in [-0.39, 0.29) is 5.41 Å². The molecule has 0 saturated carbocycles. The van der Waals surface area contributed by atoms with Crippen molar-refractivity contribution in [3.8, 4) is 17.2 Å². The Hall–Kier alpha value is -2.71. The maximum absolute atomic E-state index is 13.6. The van der Waals surface area contributed by atoms with Crippen molar-refractivity contribution < 1.29 is 18.1 Å². The summed E-state index contributed by atoms with van der Waals surface area (Å²) in [6.07, 6.45) is 0.764. The van der Waals surface area contributed by atoms with Crippen LogP contribution >= 0.6 is 7.82 Å². The van der Waals surface area contributed by atoms with Crippen molar-refractivity contribution in [1.82, 2.24) is 0 Å². The number of phosphoric ester groups is 1. The monoisotopic (exact) mass is 396 g/mol. The molecule has 0 aliphatic heterocycles. The maximum atomic E-state index is 13.6. The second kappa shape index (κ2) is 8.53. The summed E-state index contributed by atoms with van der Waals surface area (Å²) in [5.74, 6) is 1.32. The van der Waals surface area contributed by atoms with Gasteiger partial charge in [-0.3, -0.25) is 0 Å². The molecular formula is C23H25O4P. The van der Waals surface area contributed by atoms with Gasteiger partial charge < -0.3 is 13.6 Å². The van der Waals surface area contributed by atoms with E-state index in [2.05, 4.69) is 20.8 Å². The largest absolute Gasteiger partial charge is 0.647 e. The fraction of sp³-hybridized carbons (Fsp3) is 0.217. The van der Waals surface area contributed by atoms with Crippen molar-refractivity contribution in [2.75, 3.05) is 0 Å². The number of benzene rings is 3. The normalized spacial score (nSPS) is 11.7. The van der Waals surface area contributed by atoms with Gasteiger partial charge in [0.2, 0.25) is 0 Å². The molecule has 3 aromatic rings. The molecule has 0 saturated heterocycles. The fourth-order valence-corrected chi connectivity index (χ4v) is 4.00. The predicted octanol–water partition coefficient (Wildman–Crippen LogP) is 6.92. The lowest BCUT2D eigenvalue weighted by molar-refractivity contribution is 0.295. The zero-order valence-electron chi connectivity index (χ0n) is 16.4. The quantitative estimate of drug-likeness (QED) is 0.407. The minimum atomic E-state index is -3.98. The van der Waals surface area contributed by atoms with Crippen molar-refractivity contribution in [1.29, 1.82) is 0 Å². The lowest BCUT2D eigenvalue weighted by Crippen LogP contribution is -2.12. The summed E-state index contributed by atoms with van der Waals surface area (Å²) in [6, 6.07) is 25.3. The first-order valence-electron chi connectivity index (χ1n) is 9.20. The molecule has 0 amide bonds. The molecule has 0 aliphatic rings. The summed E-state index contributed by atoms with van der Waals surface area (Å²) in [5.41, 5.74) is 0.993. The molecule has 0 heterocycles. The standard InChI is InChI=1S/C23H25O4P/c1-23(2,3)18-19-12-10-11-17-22(19)27-28(24,25-20-13-6-4-7-14-20)26-21-15-8-5-9-16-21/h4-17H,18H2,1-3H3. The van der Waals surface area contributed by atoms with Crippen LogP contribution in [0.25, 0.3) is 0 Å². The van der Waals surface area contributed by atoms with Crippen molar-refractivity contribution in [2.24, 2.45) is 5.41 Å². The van der Waals surface area contributed by atoms with Crippen LogP contribution in [0.4, 0.5) is 0 Å². The highest BCUT2D eigenvalue weighted by Crippen LogP contribution is 2.50. The van der Waals surface area contributed by atoms with Crippen molar-refractivity contribution >= 4 is 7.82 Å². The van der Waals surface area contributed by atoms with E-state index in [1.54, 1.807) is 54.6 Å². The van der Waals surface area contributed by atoms with E-state index in [1.165, 1.54) is 0 Å². The molecule has 0 aromatic heterocycles. The van der Waals surface area contributed by atoms with Gasteiger partial charge in [0.1, 0.15) is 17.2 Å². The molecule has 0 atom stereocenters. The molecule has 3 rings (SSSR count). The van der Waals surface area contributed by atoms with E-state index in [0.29, 0.717) is 17.2 Å². The van der Waals surface area contributed by atoms with Crippen LogP contribution in [0.15, 0.2) is 84.9 Å². The molecule has 0 radical (unpaired) electrons. The molecule has 146 valence electrons. The molecule has 28 heavy (non-hydrogen) atoms. The number of hydrogen-bond acceptors (Lipinski definition) is 4. The average Bonchev–Trinajstić information content (AvgIpc) is 2.64. The number of phosphoric acid groups is 1. The summed E-state index contributed by atoms with van der Waals surface area (Å²) < 4.78 is 30.9. The van der Waals surface area contributed by atoms with Crippen LogP contribution in [0.1, 0.15) is 26.3 Å². The summed E-state index contributed by atoms with van der Waals surface area (Å²) in [7, 11) is -3.98. The first kappa shape index (κ1) is 20.0. The Kier molecular flexibility index (Phi) is 6.11. The van der Waals surface area contributed by atoms with E-state index in [4.69, 9.17) is 13.6 Å². The average molecular weight is 396 g/mol. The predicted molar refractivity (Wildman–Crippen MR) is 112 cm³/mol. The van der Waals surface area contributed by atoms with Gasteiger partial charge in [-0.2, -0.15) is 4.57 Å². The van der Waals surface area contributed by atoms with Gasteiger partial charge >= 0.3 is 7.82 Å². The zero-order valence-corrected chi connectivity index (χ0v) is 17.3. The van der Waals surface area contributed by atoms with Gasteiger partial charge in [0.25, 0.3) is 0 Å². The minimum Gasteiger partial charge on any atom is -0.386 e. The second-order valence-electron chi connectivity index (χ2n) is 7.69. The zero-order chi connectivity index (χ0) is 20.0. The van der Waals surface area contributed by atoms with Crippen LogP contribution in [0, 0.1) is 5.41 Å². The topological polar surface area (TPSA) is 44.8 Å². The lowest BCUT2D eigenvalue weighted by Gasteiger charge is -2.23. The molecule has 0 N–H and O–H groups in total. The lowest BCUT2D eigenvalue weighted by atomic mass is 9.88. The maximum Gasteiger partial charge on any atom is 0.647 e. The van der Waals surface area contributed by atoms with Crippen LogP contribution in [0.2, 0.25) is 0 Å². The highest BCUT2D eigenvalue weighted by atomic mass is 31.2. The number of rotatable bonds is 7. The van der Waals surface area contributed by atoms with Gasteiger partial charge in [-0.25, -0.2) is 0 Å².